The van der Waals surface area contributed by atoms with Crippen molar-refractivity contribution < 1.29 is 9.47 Å². The summed E-state index contributed by atoms with van der Waals surface area (Å²) >= 11 is 0. The van der Waals surface area contributed by atoms with Gasteiger partial charge in [-0.3, -0.25) is 4.99 Å². The molecule has 7 nitrogen and oxygen atoms in total. The zero-order valence-corrected chi connectivity index (χ0v) is 18.5. The first-order valence-electron chi connectivity index (χ1n) is 10.4. The minimum atomic E-state index is 0.598. The van der Waals surface area contributed by atoms with Gasteiger partial charge in [0.05, 0.1) is 32.2 Å². The van der Waals surface area contributed by atoms with E-state index in [9.17, 15) is 0 Å². The highest BCUT2D eigenvalue weighted by Gasteiger charge is 2.09. The van der Waals surface area contributed by atoms with Gasteiger partial charge in [-0.1, -0.05) is 42.5 Å². The highest BCUT2D eigenvalue weighted by molar-refractivity contribution is 5.79. The first-order chi connectivity index (χ1) is 15.2. The van der Waals surface area contributed by atoms with Gasteiger partial charge in [0, 0.05) is 27.2 Å². The summed E-state index contributed by atoms with van der Waals surface area (Å²) in [6.07, 6.45) is 2.76. The van der Waals surface area contributed by atoms with Crippen molar-refractivity contribution in [3.05, 3.63) is 72.2 Å². The highest BCUT2D eigenvalue weighted by atomic mass is 16.5. The van der Waals surface area contributed by atoms with E-state index in [2.05, 4.69) is 32.4 Å². The lowest BCUT2D eigenvalue weighted by atomic mass is 10.2. The molecule has 0 atom stereocenters. The Morgan fingerprint density at radius 3 is 2.61 bits per heavy atom. The molecule has 0 amide bonds. The molecule has 0 aliphatic heterocycles. The second kappa shape index (κ2) is 11.8. The summed E-state index contributed by atoms with van der Waals surface area (Å²) in [7, 11) is 5.46. The number of benzene rings is 2. The average molecular weight is 422 g/mol. The Labute approximate surface area is 184 Å². The lowest BCUT2D eigenvalue weighted by Crippen LogP contribution is -2.39. The van der Waals surface area contributed by atoms with Crippen LogP contribution in [-0.2, 0) is 17.9 Å². The number of rotatable bonds is 10. The Morgan fingerprint density at radius 1 is 1.13 bits per heavy atom. The maximum Gasteiger partial charge on any atom is 0.193 e. The van der Waals surface area contributed by atoms with Crippen molar-refractivity contribution in [2.45, 2.75) is 19.6 Å². The van der Waals surface area contributed by atoms with E-state index in [1.54, 1.807) is 14.2 Å². The fourth-order valence-corrected chi connectivity index (χ4v) is 3.18. The fourth-order valence-electron chi connectivity index (χ4n) is 3.18. The van der Waals surface area contributed by atoms with Crippen molar-refractivity contribution in [2.75, 3.05) is 34.4 Å². The average Bonchev–Trinajstić information content (AvgIpc) is 3.28. The van der Waals surface area contributed by atoms with Crippen molar-refractivity contribution in [3.63, 3.8) is 0 Å². The lowest BCUT2D eigenvalue weighted by Gasteiger charge is -2.21. The topological polar surface area (TPSA) is 74.8 Å². The van der Waals surface area contributed by atoms with Crippen LogP contribution in [0.1, 0.15) is 17.8 Å². The van der Waals surface area contributed by atoms with Crippen LogP contribution < -0.4 is 10.1 Å². The molecule has 0 radical (unpaired) electrons. The summed E-state index contributed by atoms with van der Waals surface area (Å²) < 4.78 is 10.9. The predicted octanol–water partition coefficient (Wildman–Crippen LogP) is 3.70. The van der Waals surface area contributed by atoms with Gasteiger partial charge in [0.25, 0.3) is 0 Å². The van der Waals surface area contributed by atoms with Gasteiger partial charge in [0.15, 0.2) is 5.96 Å². The van der Waals surface area contributed by atoms with E-state index in [4.69, 9.17) is 9.47 Å². The number of nitrogens with zero attached hydrogens (tertiary/aromatic N) is 3. The predicted molar refractivity (Wildman–Crippen MR) is 124 cm³/mol. The molecule has 2 N–H and O–H groups in total. The van der Waals surface area contributed by atoms with E-state index >= 15 is 0 Å². The summed E-state index contributed by atoms with van der Waals surface area (Å²) in [5, 5.41) is 3.38. The molecule has 0 aliphatic rings. The zero-order valence-electron chi connectivity index (χ0n) is 18.5. The van der Waals surface area contributed by atoms with E-state index < -0.39 is 0 Å². The smallest absolute Gasteiger partial charge is 0.193 e. The summed E-state index contributed by atoms with van der Waals surface area (Å²) in [5.41, 5.74) is 3.28. The van der Waals surface area contributed by atoms with Gasteiger partial charge in [-0.05, 0) is 29.7 Å². The fraction of sp³-hybridized carbons (Fsp3) is 0.333. The molecule has 0 saturated heterocycles. The molecule has 0 fully saturated rings. The Morgan fingerprint density at radius 2 is 1.90 bits per heavy atom. The molecule has 1 aromatic heterocycles. The molecule has 3 rings (SSSR count). The summed E-state index contributed by atoms with van der Waals surface area (Å²) in [4.78, 5) is 14.3. The molecule has 2 aromatic carbocycles. The van der Waals surface area contributed by atoms with E-state index in [0.717, 1.165) is 47.3 Å². The molecule has 0 saturated carbocycles. The highest BCUT2D eigenvalue weighted by Crippen LogP contribution is 2.16. The van der Waals surface area contributed by atoms with E-state index in [0.29, 0.717) is 19.8 Å². The molecular formula is C24H31N5O2. The number of ether oxygens (including phenoxy) is 2. The number of hydrogen-bond acceptors (Lipinski definition) is 4. The van der Waals surface area contributed by atoms with Crippen molar-refractivity contribution >= 4 is 5.96 Å². The molecular weight excluding hydrogens is 390 g/mol. The maximum atomic E-state index is 5.76. The van der Waals surface area contributed by atoms with Crippen molar-refractivity contribution in [1.82, 2.24) is 20.2 Å². The van der Waals surface area contributed by atoms with E-state index in [-0.39, 0.29) is 0 Å². The van der Waals surface area contributed by atoms with Crippen LogP contribution in [0.3, 0.4) is 0 Å². The van der Waals surface area contributed by atoms with E-state index in [1.807, 2.05) is 60.6 Å². The molecule has 3 aromatic rings. The van der Waals surface area contributed by atoms with Gasteiger partial charge in [0.2, 0.25) is 0 Å². The SMILES string of the molecule is CN=C(NCCCOCc1ccc(OC)cc1)N(C)Cc1ncc(-c2ccccc2)[nH]1. The van der Waals surface area contributed by atoms with Gasteiger partial charge in [-0.2, -0.15) is 0 Å². The molecule has 0 aliphatic carbocycles. The third kappa shape index (κ3) is 6.86. The molecule has 0 bridgehead atoms. The maximum absolute atomic E-state index is 5.76. The van der Waals surface area contributed by atoms with Crippen molar-refractivity contribution in [2.24, 2.45) is 4.99 Å². The van der Waals surface area contributed by atoms with Crippen LogP contribution in [0.25, 0.3) is 11.3 Å². The van der Waals surface area contributed by atoms with Crippen molar-refractivity contribution in [3.8, 4) is 17.0 Å². The quantitative estimate of drug-likeness (QED) is 0.297. The number of aromatic nitrogens is 2. The Bertz CT molecular complexity index is 938. The van der Waals surface area contributed by atoms with E-state index in [1.165, 1.54) is 0 Å². The third-order valence-corrected chi connectivity index (χ3v) is 4.85. The standard InChI is InChI=1S/C24H31N5O2/c1-25-24(26-14-7-15-31-18-19-10-12-21(30-3)13-11-19)29(2)17-23-27-16-22(28-23)20-8-5-4-6-9-20/h4-6,8-13,16H,7,14-15,17-18H2,1-3H3,(H,25,26)(H,27,28). The van der Waals surface area contributed by atoms with Gasteiger partial charge in [-0.15, -0.1) is 0 Å². The monoisotopic (exact) mass is 421 g/mol. The number of nitrogens with one attached hydrogen (secondary N) is 2. The van der Waals surface area contributed by atoms with Crippen molar-refractivity contribution in [1.29, 1.82) is 0 Å². The number of aromatic amines is 1. The van der Waals surface area contributed by atoms with Gasteiger partial charge < -0.3 is 24.7 Å². The van der Waals surface area contributed by atoms with Crippen LogP contribution in [0.5, 0.6) is 5.75 Å². The minimum Gasteiger partial charge on any atom is -0.497 e. The first-order valence-corrected chi connectivity index (χ1v) is 10.4. The van der Waals surface area contributed by atoms with Crippen LogP contribution in [0.4, 0.5) is 0 Å². The molecule has 31 heavy (non-hydrogen) atoms. The Kier molecular flexibility index (Phi) is 8.48. The number of hydrogen-bond donors (Lipinski definition) is 2. The number of imidazole rings is 1. The number of H-pyrrole nitrogens is 1. The van der Waals surface area contributed by atoms with Crippen LogP contribution in [0, 0.1) is 0 Å². The second-order valence-electron chi connectivity index (χ2n) is 7.19. The largest absolute Gasteiger partial charge is 0.497 e. The minimum absolute atomic E-state index is 0.598. The van der Waals surface area contributed by atoms with Crippen LogP contribution in [0.15, 0.2) is 65.8 Å². The van der Waals surface area contributed by atoms with Crippen LogP contribution >= 0.6 is 0 Å². The van der Waals surface area contributed by atoms with Gasteiger partial charge >= 0.3 is 0 Å². The summed E-state index contributed by atoms with van der Waals surface area (Å²) in [6, 6.07) is 18.1. The zero-order chi connectivity index (χ0) is 21.9. The van der Waals surface area contributed by atoms with Gasteiger partial charge in [0.1, 0.15) is 11.6 Å². The Balaban J connectivity index is 1.37. The second-order valence-corrected chi connectivity index (χ2v) is 7.19. The molecule has 164 valence electrons. The third-order valence-electron chi connectivity index (χ3n) is 4.85. The summed E-state index contributed by atoms with van der Waals surface area (Å²) in [6.45, 7) is 2.70. The normalized spacial score (nSPS) is 11.4. The summed E-state index contributed by atoms with van der Waals surface area (Å²) in [5.74, 6) is 2.58. The Hall–Kier alpha value is -3.32. The van der Waals surface area contributed by atoms with Crippen LogP contribution in [-0.4, -0.2) is 55.2 Å². The van der Waals surface area contributed by atoms with Gasteiger partial charge in [-0.25, -0.2) is 4.98 Å². The number of methoxy groups -OCH3 is 1. The van der Waals surface area contributed by atoms with Crippen LogP contribution in [0.2, 0.25) is 0 Å². The lowest BCUT2D eigenvalue weighted by molar-refractivity contribution is 0.119. The molecule has 7 heteroatoms. The number of aliphatic imine (C=N–C) groups is 1. The first kappa shape index (κ1) is 22.4. The number of guanidine groups is 1. The molecule has 0 unspecified atom stereocenters. The molecule has 0 spiro atoms. The molecule has 1 heterocycles.